The molecule has 0 fully saturated rings. The van der Waals surface area contributed by atoms with E-state index in [1.165, 1.54) is 12.3 Å². The summed E-state index contributed by atoms with van der Waals surface area (Å²) in [7, 11) is 0. The Labute approximate surface area is 120 Å². The maximum absolute atomic E-state index is 11.7. The molecule has 1 aromatic carbocycles. The first-order valence-electron chi connectivity index (χ1n) is 5.94. The van der Waals surface area contributed by atoms with Crippen molar-refractivity contribution in [1.29, 1.82) is 0 Å². The number of rotatable bonds is 4. The number of carbonyl (C=O) groups excluding carboxylic acids is 2. The molecule has 2 N–H and O–H groups in total. The summed E-state index contributed by atoms with van der Waals surface area (Å²) in [5, 5.41) is 5.76. The molecular weight excluding hydrogens is 280 g/mol. The fraction of sp³-hybridized carbons (Fsp3) is 0.143. The highest BCUT2D eigenvalue weighted by Crippen LogP contribution is 2.19. The van der Waals surface area contributed by atoms with E-state index in [1.807, 2.05) is 6.92 Å². The second kappa shape index (κ2) is 6.25. The molecular formula is C14H13ClN2O3. The van der Waals surface area contributed by atoms with E-state index in [0.29, 0.717) is 10.7 Å². The average Bonchev–Trinajstić information content (AvgIpc) is 2.93. The van der Waals surface area contributed by atoms with E-state index in [9.17, 15) is 9.59 Å². The fourth-order valence-corrected chi connectivity index (χ4v) is 1.84. The molecule has 0 aliphatic rings. The molecule has 0 saturated heterocycles. The van der Waals surface area contributed by atoms with Crippen molar-refractivity contribution in [2.24, 2.45) is 0 Å². The van der Waals surface area contributed by atoms with Gasteiger partial charge in [0.1, 0.15) is 0 Å². The largest absolute Gasteiger partial charge is 0.459 e. The predicted octanol–water partition coefficient (Wildman–Crippen LogP) is 2.61. The van der Waals surface area contributed by atoms with E-state index in [2.05, 4.69) is 10.6 Å². The van der Waals surface area contributed by atoms with E-state index in [-0.39, 0.29) is 18.2 Å². The first kappa shape index (κ1) is 14.1. The number of hydrogen-bond donors (Lipinski definition) is 2. The predicted molar refractivity (Wildman–Crippen MR) is 75.9 cm³/mol. The Morgan fingerprint density at radius 2 is 2.10 bits per heavy atom. The Morgan fingerprint density at radius 3 is 2.75 bits per heavy atom. The molecule has 0 radical (unpaired) electrons. The summed E-state index contributed by atoms with van der Waals surface area (Å²) >= 11 is 5.83. The van der Waals surface area contributed by atoms with E-state index in [4.69, 9.17) is 16.0 Å². The molecule has 0 unspecified atom stereocenters. The van der Waals surface area contributed by atoms with Crippen LogP contribution < -0.4 is 10.6 Å². The zero-order valence-electron chi connectivity index (χ0n) is 10.8. The lowest BCUT2D eigenvalue weighted by Gasteiger charge is -2.09. The topological polar surface area (TPSA) is 71.3 Å². The van der Waals surface area contributed by atoms with Crippen molar-refractivity contribution in [3.05, 3.63) is 52.9 Å². The Bertz CT molecular complexity index is 623. The molecule has 1 heterocycles. The Balaban J connectivity index is 1.88. The standard InChI is InChI=1S/C14H13ClN2O3/c1-9-7-10(15)4-5-11(9)17-13(18)8-16-14(19)12-3-2-6-20-12/h2-7H,8H2,1H3,(H,16,19)(H,17,18). The summed E-state index contributed by atoms with van der Waals surface area (Å²) in [6.45, 7) is 1.70. The molecule has 0 aliphatic carbocycles. The second-order valence-corrected chi connectivity index (χ2v) is 4.60. The molecule has 2 amide bonds. The van der Waals surface area contributed by atoms with Crippen molar-refractivity contribution in [2.45, 2.75) is 6.92 Å². The lowest BCUT2D eigenvalue weighted by molar-refractivity contribution is -0.115. The number of anilines is 1. The van der Waals surface area contributed by atoms with Crippen LogP contribution in [0.5, 0.6) is 0 Å². The van der Waals surface area contributed by atoms with Gasteiger partial charge in [-0.25, -0.2) is 0 Å². The van der Waals surface area contributed by atoms with Gasteiger partial charge in [0.05, 0.1) is 12.8 Å². The van der Waals surface area contributed by atoms with Gasteiger partial charge in [-0.15, -0.1) is 0 Å². The van der Waals surface area contributed by atoms with Crippen molar-refractivity contribution in [3.8, 4) is 0 Å². The smallest absolute Gasteiger partial charge is 0.287 e. The maximum Gasteiger partial charge on any atom is 0.287 e. The van der Waals surface area contributed by atoms with Crippen LogP contribution in [-0.4, -0.2) is 18.4 Å². The van der Waals surface area contributed by atoms with Crippen LogP contribution in [0, 0.1) is 6.92 Å². The molecule has 5 nitrogen and oxygen atoms in total. The lowest BCUT2D eigenvalue weighted by Crippen LogP contribution is -2.32. The second-order valence-electron chi connectivity index (χ2n) is 4.17. The first-order valence-corrected chi connectivity index (χ1v) is 6.32. The highest BCUT2D eigenvalue weighted by Gasteiger charge is 2.10. The van der Waals surface area contributed by atoms with Gasteiger partial charge >= 0.3 is 0 Å². The van der Waals surface area contributed by atoms with Crippen molar-refractivity contribution in [3.63, 3.8) is 0 Å². The van der Waals surface area contributed by atoms with E-state index in [1.54, 1.807) is 24.3 Å². The van der Waals surface area contributed by atoms with Crippen LogP contribution in [0.25, 0.3) is 0 Å². The number of aryl methyl sites for hydroxylation is 1. The molecule has 0 bridgehead atoms. The van der Waals surface area contributed by atoms with Crippen LogP contribution in [0.15, 0.2) is 41.0 Å². The quantitative estimate of drug-likeness (QED) is 0.910. The van der Waals surface area contributed by atoms with E-state index >= 15 is 0 Å². The maximum atomic E-state index is 11.7. The first-order chi connectivity index (χ1) is 9.56. The van der Waals surface area contributed by atoms with Gasteiger partial charge in [0.2, 0.25) is 5.91 Å². The average molecular weight is 293 g/mol. The van der Waals surface area contributed by atoms with Crippen LogP contribution in [0.2, 0.25) is 5.02 Å². The minimum atomic E-state index is -0.432. The molecule has 2 aromatic rings. The van der Waals surface area contributed by atoms with Gasteiger partial charge < -0.3 is 15.1 Å². The van der Waals surface area contributed by atoms with Crippen molar-refractivity contribution >= 4 is 29.1 Å². The minimum absolute atomic E-state index is 0.137. The zero-order valence-corrected chi connectivity index (χ0v) is 11.5. The third kappa shape index (κ3) is 3.61. The zero-order chi connectivity index (χ0) is 14.5. The van der Waals surface area contributed by atoms with Crippen LogP contribution in [-0.2, 0) is 4.79 Å². The number of benzene rings is 1. The summed E-state index contributed by atoms with van der Waals surface area (Å²) in [6, 6.07) is 8.27. The van der Waals surface area contributed by atoms with Crippen LogP contribution in [0.3, 0.4) is 0 Å². The van der Waals surface area contributed by atoms with Gasteiger partial charge in [-0.3, -0.25) is 9.59 Å². The number of halogens is 1. The number of carbonyl (C=O) groups is 2. The van der Waals surface area contributed by atoms with Gasteiger partial charge in [-0.2, -0.15) is 0 Å². The van der Waals surface area contributed by atoms with Gasteiger partial charge in [0.25, 0.3) is 5.91 Å². The molecule has 20 heavy (non-hydrogen) atoms. The van der Waals surface area contributed by atoms with Gasteiger partial charge in [0.15, 0.2) is 5.76 Å². The SMILES string of the molecule is Cc1cc(Cl)ccc1NC(=O)CNC(=O)c1ccco1. The molecule has 0 spiro atoms. The summed E-state index contributed by atoms with van der Waals surface area (Å²) in [5.74, 6) is -0.589. The molecule has 6 heteroatoms. The molecule has 0 atom stereocenters. The summed E-state index contributed by atoms with van der Waals surface area (Å²) in [6.07, 6.45) is 1.39. The van der Waals surface area contributed by atoms with Crippen LogP contribution in [0.1, 0.15) is 16.1 Å². The number of hydrogen-bond acceptors (Lipinski definition) is 3. The molecule has 2 rings (SSSR count). The number of furan rings is 1. The van der Waals surface area contributed by atoms with E-state index in [0.717, 1.165) is 5.56 Å². The van der Waals surface area contributed by atoms with E-state index < -0.39 is 5.91 Å². The van der Waals surface area contributed by atoms with Gasteiger partial charge in [0, 0.05) is 10.7 Å². The number of nitrogens with one attached hydrogen (secondary N) is 2. The fourth-order valence-electron chi connectivity index (χ4n) is 1.62. The minimum Gasteiger partial charge on any atom is -0.459 e. The summed E-state index contributed by atoms with van der Waals surface area (Å²) < 4.78 is 4.92. The molecule has 104 valence electrons. The normalized spacial score (nSPS) is 10.1. The third-order valence-corrected chi connectivity index (χ3v) is 2.85. The monoisotopic (exact) mass is 292 g/mol. The molecule has 1 aromatic heterocycles. The third-order valence-electron chi connectivity index (χ3n) is 2.62. The highest BCUT2D eigenvalue weighted by atomic mass is 35.5. The van der Waals surface area contributed by atoms with Crippen molar-refractivity contribution in [2.75, 3.05) is 11.9 Å². The number of amides is 2. The Morgan fingerprint density at radius 1 is 1.30 bits per heavy atom. The van der Waals surface area contributed by atoms with Crippen LogP contribution >= 0.6 is 11.6 Å². The van der Waals surface area contributed by atoms with Crippen molar-refractivity contribution in [1.82, 2.24) is 5.32 Å². The Kier molecular flexibility index (Phi) is 4.42. The van der Waals surface area contributed by atoms with Crippen molar-refractivity contribution < 1.29 is 14.0 Å². The van der Waals surface area contributed by atoms with Gasteiger partial charge in [-0.1, -0.05) is 11.6 Å². The highest BCUT2D eigenvalue weighted by molar-refractivity contribution is 6.30. The van der Waals surface area contributed by atoms with Crippen LogP contribution in [0.4, 0.5) is 5.69 Å². The lowest BCUT2D eigenvalue weighted by atomic mass is 10.2. The summed E-state index contributed by atoms with van der Waals surface area (Å²) in [5.41, 5.74) is 1.51. The Hall–Kier alpha value is -2.27. The molecule has 0 aliphatic heterocycles. The molecule has 0 saturated carbocycles. The summed E-state index contributed by atoms with van der Waals surface area (Å²) in [4.78, 5) is 23.3. The van der Waals surface area contributed by atoms with Gasteiger partial charge in [-0.05, 0) is 42.8 Å².